The molecule has 0 atom stereocenters. The van der Waals surface area contributed by atoms with Gasteiger partial charge in [0.15, 0.2) is 5.70 Å². The molecule has 0 spiro atoms. The van der Waals surface area contributed by atoms with E-state index in [2.05, 4.69) is 4.99 Å². The smallest absolute Gasteiger partial charge is 0.363 e. The average molecular weight is 395 g/mol. The monoisotopic (exact) mass is 394 g/mol. The van der Waals surface area contributed by atoms with Gasteiger partial charge in [0.25, 0.3) is 5.69 Å². The van der Waals surface area contributed by atoms with Crippen molar-refractivity contribution in [2.45, 2.75) is 0 Å². The molecular formula is C20H11ClN2O5. The summed E-state index contributed by atoms with van der Waals surface area (Å²) < 4.78 is 10.9. The summed E-state index contributed by atoms with van der Waals surface area (Å²) in [5.74, 6) is 0.283. The summed E-state index contributed by atoms with van der Waals surface area (Å²) in [7, 11) is 0. The molecule has 7 nitrogen and oxygen atoms in total. The van der Waals surface area contributed by atoms with Crippen molar-refractivity contribution in [3.05, 3.63) is 92.8 Å². The molecule has 0 saturated heterocycles. The first-order valence-electron chi connectivity index (χ1n) is 8.13. The molecule has 8 heteroatoms. The van der Waals surface area contributed by atoms with Crippen LogP contribution in [0.1, 0.15) is 11.3 Å². The van der Waals surface area contributed by atoms with Gasteiger partial charge < -0.3 is 9.15 Å². The Labute approximate surface area is 163 Å². The lowest BCUT2D eigenvalue weighted by molar-refractivity contribution is -0.384. The lowest BCUT2D eigenvalue weighted by Crippen LogP contribution is -2.05. The van der Waals surface area contributed by atoms with Gasteiger partial charge in [0.2, 0.25) is 5.90 Å². The van der Waals surface area contributed by atoms with Gasteiger partial charge in [-0.2, -0.15) is 0 Å². The van der Waals surface area contributed by atoms with Gasteiger partial charge in [0.1, 0.15) is 11.5 Å². The summed E-state index contributed by atoms with van der Waals surface area (Å²) in [4.78, 5) is 26.7. The number of benzene rings is 2. The third-order valence-electron chi connectivity index (χ3n) is 3.97. The third-order valence-corrected chi connectivity index (χ3v) is 4.30. The first-order chi connectivity index (χ1) is 13.5. The molecule has 0 fully saturated rings. The number of non-ortho nitro benzene ring substituents is 1. The molecule has 2 heterocycles. The first kappa shape index (κ1) is 17.7. The quantitative estimate of drug-likeness (QED) is 0.273. The maximum atomic E-state index is 12.1. The zero-order valence-electron chi connectivity index (χ0n) is 14.2. The number of carbonyl (C=O) groups is 1. The van der Waals surface area contributed by atoms with Gasteiger partial charge in [-0.3, -0.25) is 10.1 Å². The SMILES string of the molecule is O=C1OC(c2ccccc2Cl)=N/C1=C\c1ccc(-c2cccc([N+](=O)[O-])c2)o1. The van der Waals surface area contributed by atoms with E-state index in [4.69, 9.17) is 20.8 Å². The highest BCUT2D eigenvalue weighted by atomic mass is 35.5. The van der Waals surface area contributed by atoms with Crippen molar-refractivity contribution in [1.82, 2.24) is 0 Å². The number of furan rings is 1. The van der Waals surface area contributed by atoms with Crippen molar-refractivity contribution in [3.8, 4) is 11.3 Å². The number of rotatable bonds is 4. The Bertz CT molecular complexity index is 1160. The van der Waals surface area contributed by atoms with Crippen LogP contribution in [0, 0.1) is 10.1 Å². The van der Waals surface area contributed by atoms with Crippen LogP contribution in [0.3, 0.4) is 0 Å². The number of esters is 1. The summed E-state index contributed by atoms with van der Waals surface area (Å²) in [5.41, 5.74) is 1.09. The minimum atomic E-state index is -0.622. The molecule has 0 aliphatic carbocycles. The fourth-order valence-electron chi connectivity index (χ4n) is 2.65. The predicted molar refractivity (Wildman–Crippen MR) is 103 cm³/mol. The number of nitro benzene ring substituents is 1. The number of aliphatic imine (C=N–C) groups is 1. The third kappa shape index (κ3) is 3.43. The van der Waals surface area contributed by atoms with Gasteiger partial charge in [-0.15, -0.1) is 0 Å². The van der Waals surface area contributed by atoms with Gasteiger partial charge in [-0.1, -0.05) is 35.9 Å². The molecule has 3 aromatic rings. The van der Waals surface area contributed by atoms with Crippen molar-refractivity contribution in [2.24, 2.45) is 4.99 Å². The van der Waals surface area contributed by atoms with Crippen LogP contribution in [0.5, 0.6) is 0 Å². The lowest BCUT2D eigenvalue weighted by Gasteiger charge is -2.00. The molecule has 1 aliphatic rings. The summed E-state index contributed by atoms with van der Waals surface area (Å²) in [6.45, 7) is 0. The molecule has 4 rings (SSSR count). The second-order valence-electron chi connectivity index (χ2n) is 5.83. The number of carbonyl (C=O) groups excluding carboxylic acids is 1. The molecule has 1 aliphatic heterocycles. The van der Waals surface area contributed by atoms with Crippen molar-refractivity contribution < 1.29 is 18.9 Å². The predicted octanol–water partition coefficient (Wildman–Crippen LogP) is 4.85. The topological polar surface area (TPSA) is 94.9 Å². The molecule has 0 amide bonds. The normalized spacial score (nSPS) is 14.8. The maximum absolute atomic E-state index is 12.1. The minimum Gasteiger partial charge on any atom is -0.457 e. The van der Waals surface area contributed by atoms with Gasteiger partial charge in [0, 0.05) is 23.8 Å². The minimum absolute atomic E-state index is 0.0397. The molecule has 2 aromatic carbocycles. The zero-order valence-corrected chi connectivity index (χ0v) is 14.9. The van der Waals surface area contributed by atoms with Crippen LogP contribution >= 0.6 is 11.6 Å². The Hall–Kier alpha value is -3.71. The van der Waals surface area contributed by atoms with E-state index < -0.39 is 10.9 Å². The lowest BCUT2D eigenvalue weighted by atomic mass is 10.1. The highest BCUT2D eigenvalue weighted by molar-refractivity contribution is 6.34. The summed E-state index contributed by atoms with van der Waals surface area (Å²) >= 11 is 6.11. The van der Waals surface area contributed by atoms with E-state index in [-0.39, 0.29) is 17.3 Å². The van der Waals surface area contributed by atoms with Crippen molar-refractivity contribution in [2.75, 3.05) is 0 Å². The van der Waals surface area contributed by atoms with Crippen molar-refractivity contribution in [3.63, 3.8) is 0 Å². The number of ether oxygens (including phenoxy) is 1. The molecule has 0 saturated carbocycles. The second kappa shape index (κ2) is 7.13. The Morgan fingerprint density at radius 2 is 1.89 bits per heavy atom. The fraction of sp³-hybridized carbons (Fsp3) is 0. The largest absolute Gasteiger partial charge is 0.457 e. The van der Waals surface area contributed by atoms with Gasteiger partial charge in [0.05, 0.1) is 15.5 Å². The molecule has 0 bridgehead atoms. The number of hydrogen-bond acceptors (Lipinski definition) is 6. The van der Waals surface area contributed by atoms with E-state index in [9.17, 15) is 14.9 Å². The van der Waals surface area contributed by atoms with Crippen LogP contribution in [0.15, 0.2) is 75.8 Å². The van der Waals surface area contributed by atoms with Crippen LogP contribution in [-0.2, 0) is 9.53 Å². The fourth-order valence-corrected chi connectivity index (χ4v) is 2.87. The molecule has 138 valence electrons. The molecule has 0 radical (unpaired) electrons. The maximum Gasteiger partial charge on any atom is 0.363 e. The molecule has 28 heavy (non-hydrogen) atoms. The number of halogens is 1. The van der Waals surface area contributed by atoms with Crippen molar-refractivity contribution >= 4 is 35.2 Å². The summed E-state index contributed by atoms with van der Waals surface area (Å²) in [5, 5.41) is 11.3. The van der Waals surface area contributed by atoms with Crippen molar-refractivity contribution in [1.29, 1.82) is 0 Å². The van der Waals surface area contributed by atoms with E-state index in [0.29, 0.717) is 27.7 Å². The molecular weight excluding hydrogens is 384 g/mol. The Morgan fingerprint density at radius 1 is 1.07 bits per heavy atom. The average Bonchev–Trinajstić information content (AvgIpc) is 3.30. The summed E-state index contributed by atoms with van der Waals surface area (Å²) in [6, 6.07) is 16.3. The molecule has 1 aromatic heterocycles. The van der Waals surface area contributed by atoms with Crippen LogP contribution in [0.25, 0.3) is 17.4 Å². The van der Waals surface area contributed by atoms with E-state index in [1.165, 1.54) is 18.2 Å². The van der Waals surface area contributed by atoms with Crippen LogP contribution in [-0.4, -0.2) is 16.8 Å². The highest BCUT2D eigenvalue weighted by Crippen LogP contribution is 2.28. The standard InChI is InChI=1S/C20H11ClN2O5/c21-16-7-2-1-6-15(16)19-22-17(20(24)28-19)11-14-8-9-18(27-14)12-4-3-5-13(10-12)23(25)26/h1-11H/b17-11-. The number of nitrogens with zero attached hydrogens (tertiary/aromatic N) is 2. The van der Waals surface area contributed by atoms with Crippen LogP contribution in [0.4, 0.5) is 5.69 Å². The van der Waals surface area contributed by atoms with E-state index in [1.807, 2.05) is 0 Å². The van der Waals surface area contributed by atoms with Crippen LogP contribution in [0.2, 0.25) is 5.02 Å². The number of nitro groups is 1. The van der Waals surface area contributed by atoms with Gasteiger partial charge in [-0.05, 0) is 24.3 Å². The van der Waals surface area contributed by atoms with E-state index >= 15 is 0 Å². The Morgan fingerprint density at radius 3 is 2.68 bits per heavy atom. The second-order valence-corrected chi connectivity index (χ2v) is 6.23. The molecule has 0 N–H and O–H groups in total. The molecule has 0 unspecified atom stereocenters. The van der Waals surface area contributed by atoms with Crippen LogP contribution < -0.4 is 0 Å². The summed E-state index contributed by atoms with van der Waals surface area (Å²) in [6.07, 6.45) is 1.44. The Kier molecular flexibility index (Phi) is 4.50. The van der Waals surface area contributed by atoms with E-state index in [1.54, 1.807) is 48.5 Å². The van der Waals surface area contributed by atoms with E-state index in [0.717, 1.165) is 0 Å². The highest BCUT2D eigenvalue weighted by Gasteiger charge is 2.26. The Balaban J connectivity index is 1.64. The first-order valence-corrected chi connectivity index (χ1v) is 8.51. The van der Waals surface area contributed by atoms with Gasteiger partial charge in [-0.25, -0.2) is 9.79 Å². The zero-order chi connectivity index (χ0) is 19.7. The van der Waals surface area contributed by atoms with Gasteiger partial charge >= 0.3 is 5.97 Å². The number of cyclic esters (lactones) is 1. The number of hydrogen-bond donors (Lipinski definition) is 0.